The quantitative estimate of drug-likeness (QED) is 0.216. The molecule has 206 valence electrons. The van der Waals surface area contributed by atoms with E-state index in [0.29, 0.717) is 0 Å². The lowest BCUT2D eigenvalue weighted by molar-refractivity contribution is 0.661. The van der Waals surface area contributed by atoms with E-state index in [1.807, 2.05) is 12.1 Å². The SMILES string of the molecule is c1ccc2c(c1)N=C(n1c3ccc4ccccc4c3c3c4ccccc4ccc31)C(c1cccc3c1oc1ccccc13)N2. The van der Waals surface area contributed by atoms with Gasteiger partial charge >= 0.3 is 0 Å². The highest BCUT2D eigenvalue weighted by molar-refractivity contribution is 6.30. The van der Waals surface area contributed by atoms with Crippen LogP contribution >= 0.6 is 0 Å². The van der Waals surface area contributed by atoms with Crippen molar-refractivity contribution in [3.8, 4) is 0 Å². The molecule has 4 heteroatoms. The molecule has 0 bridgehead atoms. The second-order valence-electron chi connectivity index (χ2n) is 11.6. The van der Waals surface area contributed by atoms with E-state index in [1.165, 1.54) is 32.3 Å². The molecule has 44 heavy (non-hydrogen) atoms. The Labute approximate surface area is 252 Å². The number of benzene rings is 7. The van der Waals surface area contributed by atoms with Gasteiger partial charge in [0.2, 0.25) is 0 Å². The summed E-state index contributed by atoms with van der Waals surface area (Å²) in [7, 11) is 0. The van der Waals surface area contributed by atoms with Crippen LogP contribution in [0, 0.1) is 0 Å². The zero-order valence-corrected chi connectivity index (χ0v) is 23.7. The van der Waals surface area contributed by atoms with Crippen LogP contribution in [0.1, 0.15) is 11.6 Å². The predicted molar refractivity (Wildman–Crippen MR) is 183 cm³/mol. The lowest BCUT2D eigenvalue weighted by Gasteiger charge is -2.29. The summed E-state index contributed by atoms with van der Waals surface area (Å²) in [6, 6.07) is 49.1. The van der Waals surface area contributed by atoms with Crippen molar-refractivity contribution in [1.29, 1.82) is 0 Å². The maximum atomic E-state index is 6.58. The molecule has 0 saturated carbocycles. The topological polar surface area (TPSA) is 42.5 Å². The molecule has 0 spiro atoms. The zero-order chi connectivity index (χ0) is 28.8. The summed E-state index contributed by atoms with van der Waals surface area (Å²) < 4.78 is 8.95. The number of hydrogen-bond donors (Lipinski definition) is 1. The van der Waals surface area contributed by atoms with Gasteiger partial charge in [-0.25, -0.2) is 4.99 Å². The molecule has 3 heterocycles. The van der Waals surface area contributed by atoms with Crippen molar-refractivity contribution in [1.82, 2.24) is 4.57 Å². The van der Waals surface area contributed by atoms with Crippen LogP contribution in [0.5, 0.6) is 0 Å². The van der Waals surface area contributed by atoms with E-state index in [1.54, 1.807) is 0 Å². The van der Waals surface area contributed by atoms with Gasteiger partial charge in [-0.3, -0.25) is 4.57 Å². The summed E-state index contributed by atoms with van der Waals surface area (Å²) in [6.07, 6.45) is 0. The van der Waals surface area contributed by atoms with Crippen LogP contribution in [0.4, 0.5) is 11.4 Å². The van der Waals surface area contributed by atoms with Crippen LogP contribution in [0.3, 0.4) is 0 Å². The Hall–Kier alpha value is -5.87. The number of furan rings is 1. The summed E-state index contributed by atoms with van der Waals surface area (Å²) >= 11 is 0. The van der Waals surface area contributed by atoms with Crippen LogP contribution in [-0.4, -0.2) is 10.4 Å². The molecule has 0 amide bonds. The van der Waals surface area contributed by atoms with Gasteiger partial charge in [-0.2, -0.15) is 0 Å². The lowest BCUT2D eigenvalue weighted by atomic mass is 9.99. The summed E-state index contributed by atoms with van der Waals surface area (Å²) in [5.41, 5.74) is 7.03. The van der Waals surface area contributed by atoms with Gasteiger partial charge in [0, 0.05) is 27.1 Å². The fourth-order valence-corrected chi connectivity index (χ4v) is 7.29. The summed E-state index contributed by atoms with van der Waals surface area (Å²) in [5.74, 6) is 0.919. The highest BCUT2D eigenvalue weighted by Crippen LogP contribution is 2.44. The molecule has 10 rings (SSSR count). The Balaban J connectivity index is 1.35. The van der Waals surface area contributed by atoms with Crippen molar-refractivity contribution >= 4 is 82.5 Å². The Morgan fingerprint density at radius 2 is 1.16 bits per heavy atom. The number of rotatable bonds is 1. The van der Waals surface area contributed by atoms with Crippen LogP contribution in [-0.2, 0) is 0 Å². The second-order valence-corrected chi connectivity index (χ2v) is 11.6. The molecule has 1 unspecified atom stereocenters. The van der Waals surface area contributed by atoms with E-state index < -0.39 is 0 Å². The van der Waals surface area contributed by atoms with Gasteiger partial charge in [-0.15, -0.1) is 0 Å². The van der Waals surface area contributed by atoms with Crippen molar-refractivity contribution in [2.45, 2.75) is 6.04 Å². The third-order valence-electron chi connectivity index (χ3n) is 9.22. The van der Waals surface area contributed by atoms with E-state index >= 15 is 0 Å². The van der Waals surface area contributed by atoms with Crippen molar-refractivity contribution in [3.05, 3.63) is 145 Å². The average Bonchev–Trinajstić information content (AvgIpc) is 3.64. The monoisotopic (exact) mass is 563 g/mol. The molecule has 7 aromatic carbocycles. The molecule has 9 aromatic rings. The molecule has 1 N–H and O–H groups in total. The average molecular weight is 564 g/mol. The molecule has 0 aliphatic carbocycles. The van der Waals surface area contributed by atoms with E-state index in [0.717, 1.165) is 55.7 Å². The first kappa shape index (κ1) is 23.7. The molecular weight excluding hydrogens is 538 g/mol. The van der Waals surface area contributed by atoms with Gasteiger partial charge in [-0.05, 0) is 51.9 Å². The fourth-order valence-electron chi connectivity index (χ4n) is 7.29. The maximum absolute atomic E-state index is 6.58. The number of aliphatic imine (C=N–C) groups is 1. The van der Waals surface area contributed by atoms with Gasteiger partial charge in [0.25, 0.3) is 0 Å². The van der Waals surface area contributed by atoms with Crippen LogP contribution in [0.15, 0.2) is 149 Å². The van der Waals surface area contributed by atoms with Gasteiger partial charge in [0.05, 0.1) is 22.4 Å². The van der Waals surface area contributed by atoms with Crippen molar-refractivity contribution in [3.63, 3.8) is 0 Å². The maximum Gasteiger partial charge on any atom is 0.141 e. The molecule has 1 aliphatic heterocycles. The first-order valence-corrected chi connectivity index (χ1v) is 15.0. The van der Waals surface area contributed by atoms with Crippen molar-refractivity contribution < 1.29 is 4.42 Å². The third kappa shape index (κ3) is 3.20. The second kappa shape index (κ2) is 8.82. The van der Waals surface area contributed by atoms with Crippen molar-refractivity contribution in [2.24, 2.45) is 4.99 Å². The molecule has 0 saturated heterocycles. The minimum atomic E-state index is -0.258. The largest absolute Gasteiger partial charge is 0.456 e. The number of para-hydroxylation sites is 4. The number of hydrogen-bond acceptors (Lipinski definition) is 3. The Morgan fingerprint density at radius 1 is 0.545 bits per heavy atom. The van der Waals surface area contributed by atoms with Gasteiger partial charge < -0.3 is 9.73 Å². The highest BCUT2D eigenvalue weighted by atomic mass is 16.3. The summed E-state index contributed by atoms with van der Waals surface area (Å²) in [4.78, 5) is 5.44. The number of nitrogens with zero attached hydrogens (tertiary/aromatic N) is 2. The van der Waals surface area contributed by atoms with Gasteiger partial charge in [0.15, 0.2) is 0 Å². The van der Waals surface area contributed by atoms with Crippen LogP contribution < -0.4 is 5.32 Å². The first-order chi connectivity index (χ1) is 21.8. The molecule has 4 nitrogen and oxygen atoms in total. The van der Waals surface area contributed by atoms with Gasteiger partial charge in [0.1, 0.15) is 23.0 Å². The Morgan fingerprint density at radius 3 is 1.91 bits per heavy atom. The summed E-state index contributed by atoms with van der Waals surface area (Å²) in [5, 5.41) is 13.5. The number of fused-ring (bicyclic) bond motifs is 11. The van der Waals surface area contributed by atoms with Gasteiger partial charge in [-0.1, -0.05) is 109 Å². The van der Waals surface area contributed by atoms with E-state index in [2.05, 4.69) is 137 Å². The molecule has 0 radical (unpaired) electrons. The van der Waals surface area contributed by atoms with E-state index in [9.17, 15) is 0 Å². The molecule has 0 fully saturated rings. The number of anilines is 1. The first-order valence-electron chi connectivity index (χ1n) is 15.0. The highest BCUT2D eigenvalue weighted by Gasteiger charge is 2.31. The third-order valence-corrected chi connectivity index (χ3v) is 9.22. The Bertz CT molecular complexity index is 2560. The minimum Gasteiger partial charge on any atom is -0.456 e. The Kier molecular flexibility index (Phi) is 4.74. The number of aromatic nitrogens is 1. The smallest absolute Gasteiger partial charge is 0.141 e. The van der Waals surface area contributed by atoms with E-state index in [-0.39, 0.29) is 6.04 Å². The normalized spacial score (nSPS) is 14.9. The predicted octanol–water partition coefficient (Wildman–Crippen LogP) is 10.7. The molecule has 1 aliphatic rings. The van der Waals surface area contributed by atoms with Crippen LogP contribution in [0.25, 0.3) is 65.3 Å². The van der Waals surface area contributed by atoms with Crippen LogP contribution in [0.2, 0.25) is 0 Å². The molecule has 2 aromatic heterocycles. The molecular formula is C40H25N3O. The fraction of sp³-hybridized carbons (Fsp3) is 0.0250. The van der Waals surface area contributed by atoms with E-state index in [4.69, 9.17) is 9.41 Å². The zero-order valence-electron chi connectivity index (χ0n) is 23.7. The number of nitrogens with one attached hydrogen (secondary N) is 1. The van der Waals surface area contributed by atoms with Crippen molar-refractivity contribution in [2.75, 3.05) is 5.32 Å². The molecule has 1 atom stereocenters. The lowest BCUT2D eigenvalue weighted by Crippen LogP contribution is -2.29. The standard InChI is InChI=1S/C40H25N3O/c1-3-12-26-24(10-1)20-22-33-36(26)37-27-13-4-2-11-25(27)21-23-34(37)43(33)40-38(41-31-17-6-7-18-32(31)42-40)30-16-9-15-29-28-14-5-8-19-35(28)44-39(29)30/h1-23,38,41H. The minimum absolute atomic E-state index is 0.258. The summed E-state index contributed by atoms with van der Waals surface area (Å²) in [6.45, 7) is 0.